The number of hydrogen-bond donors (Lipinski definition) is 1. The van der Waals surface area contributed by atoms with Crippen molar-refractivity contribution in [1.82, 2.24) is 4.90 Å². The van der Waals surface area contributed by atoms with Gasteiger partial charge in [-0.2, -0.15) is 0 Å². The Balaban J connectivity index is 1.51. The fourth-order valence-electron chi connectivity index (χ4n) is 3.31. The molecule has 2 aromatic rings. The molecule has 6 nitrogen and oxygen atoms in total. The van der Waals surface area contributed by atoms with Crippen molar-refractivity contribution >= 4 is 29.0 Å². The van der Waals surface area contributed by atoms with E-state index in [0.717, 1.165) is 18.8 Å². The molecule has 1 aliphatic heterocycles. The third-order valence-electron chi connectivity index (χ3n) is 4.86. The SMILES string of the molecule is CC(=O)c1cccc(NC(=O)CC(=O)N2CCN(c3cccc(C)c3)CC2)c1. The maximum atomic E-state index is 12.5. The number of nitrogens with zero attached hydrogens (tertiary/aromatic N) is 2. The van der Waals surface area contributed by atoms with Crippen LogP contribution in [0.15, 0.2) is 48.5 Å². The second-order valence-corrected chi connectivity index (χ2v) is 7.07. The first kappa shape index (κ1) is 19.6. The molecule has 0 saturated carbocycles. The molecule has 0 spiro atoms. The second kappa shape index (κ2) is 8.69. The molecule has 28 heavy (non-hydrogen) atoms. The van der Waals surface area contributed by atoms with Gasteiger partial charge in [-0.1, -0.05) is 24.3 Å². The van der Waals surface area contributed by atoms with Crippen LogP contribution >= 0.6 is 0 Å². The van der Waals surface area contributed by atoms with Gasteiger partial charge in [0, 0.05) is 43.1 Å². The molecule has 1 N–H and O–H groups in total. The van der Waals surface area contributed by atoms with Crippen molar-refractivity contribution in [3.8, 4) is 0 Å². The first-order chi connectivity index (χ1) is 13.4. The Labute approximate surface area is 165 Å². The number of aryl methyl sites for hydroxylation is 1. The summed E-state index contributed by atoms with van der Waals surface area (Å²) < 4.78 is 0. The Kier molecular flexibility index (Phi) is 6.09. The number of hydrogen-bond acceptors (Lipinski definition) is 4. The minimum atomic E-state index is -0.369. The number of rotatable bonds is 5. The topological polar surface area (TPSA) is 69.7 Å². The summed E-state index contributed by atoms with van der Waals surface area (Å²) in [6.07, 6.45) is -0.200. The molecule has 0 aliphatic carbocycles. The lowest BCUT2D eigenvalue weighted by molar-refractivity contribution is -0.134. The van der Waals surface area contributed by atoms with E-state index < -0.39 is 0 Å². The molecular formula is C22H25N3O3. The van der Waals surface area contributed by atoms with E-state index in [9.17, 15) is 14.4 Å². The highest BCUT2D eigenvalue weighted by Gasteiger charge is 2.23. The zero-order valence-electron chi connectivity index (χ0n) is 16.3. The van der Waals surface area contributed by atoms with Crippen molar-refractivity contribution in [2.24, 2.45) is 0 Å². The third kappa shape index (κ3) is 4.97. The van der Waals surface area contributed by atoms with Crippen molar-refractivity contribution in [1.29, 1.82) is 0 Å². The quantitative estimate of drug-likeness (QED) is 0.641. The molecule has 6 heteroatoms. The predicted molar refractivity (Wildman–Crippen MR) is 110 cm³/mol. The molecule has 146 valence electrons. The monoisotopic (exact) mass is 379 g/mol. The number of piperazine rings is 1. The van der Waals surface area contributed by atoms with E-state index in [1.165, 1.54) is 12.5 Å². The van der Waals surface area contributed by atoms with Gasteiger partial charge in [0.1, 0.15) is 6.42 Å². The standard InChI is InChI=1S/C22H25N3O3/c1-16-5-3-8-20(13-16)24-9-11-25(12-10-24)22(28)15-21(27)23-19-7-4-6-18(14-19)17(2)26/h3-8,13-14H,9-12,15H2,1-2H3,(H,23,27). The largest absolute Gasteiger partial charge is 0.368 e. The average molecular weight is 379 g/mol. The molecule has 2 aromatic carbocycles. The summed E-state index contributed by atoms with van der Waals surface area (Å²) in [6.45, 7) is 6.23. The predicted octanol–water partition coefficient (Wildman–Crippen LogP) is 2.88. The minimum Gasteiger partial charge on any atom is -0.368 e. The van der Waals surface area contributed by atoms with Crippen molar-refractivity contribution in [2.45, 2.75) is 20.3 Å². The Morgan fingerprint density at radius 1 is 0.964 bits per heavy atom. The summed E-state index contributed by atoms with van der Waals surface area (Å²) in [5.41, 5.74) is 3.42. The van der Waals surface area contributed by atoms with E-state index in [0.29, 0.717) is 24.3 Å². The van der Waals surface area contributed by atoms with Gasteiger partial charge in [-0.25, -0.2) is 0 Å². The number of ketones is 1. The van der Waals surface area contributed by atoms with Gasteiger partial charge in [-0.05, 0) is 43.7 Å². The Hall–Kier alpha value is -3.15. The number of Topliss-reactive ketones (excluding diaryl/α,β-unsaturated/α-hetero) is 1. The zero-order valence-corrected chi connectivity index (χ0v) is 16.3. The van der Waals surface area contributed by atoms with Crippen LogP contribution in [0.4, 0.5) is 11.4 Å². The van der Waals surface area contributed by atoms with Crippen LogP contribution in [0.1, 0.15) is 29.3 Å². The van der Waals surface area contributed by atoms with Gasteiger partial charge in [-0.3, -0.25) is 14.4 Å². The third-order valence-corrected chi connectivity index (χ3v) is 4.86. The van der Waals surface area contributed by atoms with Crippen molar-refractivity contribution in [3.05, 3.63) is 59.7 Å². The molecule has 0 unspecified atom stereocenters. The van der Waals surface area contributed by atoms with Gasteiger partial charge in [0.05, 0.1) is 0 Å². The summed E-state index contributed by atoms with van der Waals surface area (Å²) in [5, 5.41) is 2.70. The lowest BCUT2D eigenvalue weighted by Crippen LogP contribution is -2.49. The minimum absolute atomic E-state index is 0.0707. The van der Waals surface area contributed by atoms with Gasteiger partial charge >= 0.3 is 0 Å². The summed E-state index contributed by atoms with van der Waals surface area (Å²) >= 11 is 0. The van der Waals surface area contributed by atoms with Crippen molar-refractivity contribution in [2.75, 3.05) is 36.4 Å². The second-order valence-electron chi connectivity index (χ2n) is 7.07. The molecular weight excluding hydrogens is 354 g/mol. The normalized spacial score (nSPS) is 13.9. The van der Waals surface area contributed by atoms with E-state index in [1.807, 2.05) is 6.07 Å². The van der Waals surface area contributed by atoms with E-state index in [4.69, 9.17) is 0 Å². The number of anilines is 2. The smallest absolute Gasteiger partial charge is 0.233 e. The van der Waals surface area contributed by atoms with Crippen LogP contribution in [0.25, 0.3) is 0 Å². The highest BCUT2D eigenvalue weighted by atomic mass is 16.2. The number of amides is 2. The van der Waals surface area contributed by atoms with Crippen LogP contribution in [-0.4, -0.2) is 48.7 Å². The highest BCUT2D eigenvalue weighted by molar-refractivity contribution is 6.04. The van der Waals surface area contributed by atoms with Crippen LogP contribution in [0.5, 0.6) is 0 Å². The van der Waals surface area contributed by atoms with Gasteiger partial charge in [0.15, 0.2) is 5.78 Å². The number of nitrogens with one attached hydrogen (secondary N) is 1. The molecule has 1 heterocycles. The Morgan fingerprint density at radius 3 is 2.36 bits per heavy atom. The lowest BCUT2D eigenvalue weighted by atomic mass is 10.1. The summed E-state index contributed by atoms with van der Waals surface area (Å²) in [6, 6.07) is 15.0. The maximum absolute atomic E-state index is 12.5. The van der Waals surface area contributed by atoms with Gasteiger partial charge in [-0.15, -0.1) is 0 Å². The summed E-state index contributed by atoms with van der Waals surface area (Å²) in [7, 11) is 0. The molecule has 2 amide bonds. The number of benzene rings is 2. The number of carbonyl (C=O) groups excluding carboxylic acids is 3. The Bertz CT molecular complexity index is 886. The zero-order chi connectivity index (χ0) is 20.1. The van der Waals surface area contributed by atoms with Crippen LogP contribution in [0, 0.1) is 6.92 Å². The first-order valence-electron chi connectivity index (χ1n) is 9.42. The molecule has 1 fully saturated rings. The molecule has 0 bridgehead atoms. The first-order valence-corrected chi connectivity index (χ1v) is 9.42. The Morgan fingerprint density at radius 2 is 1.68 bits per heavy atom. The van der Waals surface area contributed by atoms with Gasteiger partial charge in [0.2, 0.25) is 11.8 Å². The van der Waals surface area contributed by atoms with Crippen molar-refractivity contribution in [3.63, 3.8) is 0 Å². The fraction of sp³-hybridized carbons (Fsp3) is 0.318. The molecule has 3 rings (SSSR count). The molecule has 0 aromatic heterocycles. The van der Waals surface area contributed by atoms with Crippen molar-refractivity contribution < 1.29 is 14.4 Å². The maximum Gasteiger partial charge on any atom is 0.233 e. The molecule has 0 radical (unpaired) electrons. The molecule has 0 atom stereocenters. The lowest BCUT2D eigenvalue weighted by Gasteiger charge is -2.36. The molecule has 1 aliphatic rings. The van der Waals surface area contributed by atoms with Gasteiger partial charge < -0.3 is 15.1 Å². The van der Waals surface area contributed by atoms with Crippen LogP contribution in [0.2, 0.25) is 0 Å². The summed E-state index contributed by atoms with van der Waals surface area (Å²) in [4.78, 5) is 40.1. The van der Waals surface area contributed by atoms with E-state index >= 15 is 0 Å². The van der Waals surface area contributed by atoms with Crippen LogP contribution in [0.3, 0.4) is 0 Å². The summed E-state index contributed by atoms with van der Waals surface area (Å²) in [5.74, 6) is -0.616. The van der Waals surface area contributed by atoms with E-state index in [-0.39, 0.29) is 24.0 Å². The van der Waals surface area contributed by atoms with E-state index in [1.54, 1.807) is 29.2 Å². The van der Waals surface area contributed by atoms with Crippen LogP contribution in [-0.2, 0) is 9.59 Å². The average Bonchev–Trinajstić information content (AvgIpc) is 2.68. The molecule has 1 saturated heterocycles. The van der Waals surface area contributed by atoms with Gasteiger partial charge in [0.25, 0.3) is 0 Å². The number of carbonyl (C=O) groups is 3. The fourth-order valence-corrected chi connectivity index (χ4v) is 3.31. The highest BCUT2D eigenvalue weighted by Crippen LogP contribution is 2.18. The van der Waals surface area contributed by atoms with E-state index in [2.05, 4.69) is 35.3 Å². The van der Waals surface area contributed by atoms with Crippen LogP contribution < -0.4 is 10.2 Å².